The molecule has 2 atom stereocenters. The number of ether oxygens (including phenoxy) is 1. The van der Waals surface area contributed by atoms with Crippen LogP contribution in [0.2, 0.25) is 0 Å². The molecule has 0 amide bonds. The van der Waals surface area contributed by atoms with Crippen LogP contribution in [0.1, 0.15) is 52.5 Å². The summed E-state index contributed by atoms with van der Waals surface area (Å²) in [6, 6.07) is 8.34. The number of halogens is 2. The molecular formula is C29H29F2N3O2S. The highest BCUT2D eigenvalue weighted by Crippen LogP contribution is 2.60. The van der Waals surface area contributed by atoms with E-state index in [0.717, 1.165) is 11.1 Å². The topological polar surface area (TPSA) is 89.0 Å². The third-order valence-electron chi connectivity index (χ3n) is 6.84. The summed E-state index contributed by atoms with van der Waals surface area (Å²) in [5.74, 6) is -0.741. The Morgan fingerprint density at radius 1 is 1.38 bits per heavy atom. The number of allylic oxidation sites excluding steroid dienone is 3. The van der Waals surface area contributed by atoms with Crippen LogP contribution in [-0.4, -0.2) is 35.4 Å². The molecule has 1 aromatic carbocycles. The summed E-state index contributed by atoms with van der Waals surface area (Å²) in [5.41, 5.74) is 8.23. The van der Waals surface area contributed by atoms with Crippen LogP contribution in [-0.2, 0) is 16.6 Å². The van der Waals surface area contributed by atoms with Crippen LogP contribution in [0.3, 0.4) is 0 Å². The summed E-state index contributed by atoms with van der Waals surface area (Å²) in [5, 5.41) is 9.65. The highest BCUT2D eigenvalue weighted by atomic mass is 32.2. The van der Waals surface area contributed by atoms with Crippen LogP contribution in [0.25, 0.3) is 0 Å². The number of hydrogen-bond donors (Lipinski definition) is 1. The molecule has 0 saturated heterocycles. The number of rotatable bonds is 9. The van der Waals surface area contributed by atoms with Crippen LogP contribution in [0, 0.1) is 24.1 Å². The minimum absolute atomic E-state index is 0.275. The fraction of sp³-hybridized carbons (Fsp3) is 0.345. The molecule has 0 fully saturated rings. The van der Waals surface area contributed by atoms with Crippen LogP contribution in [0.4, 0.5) is 8.78 Å². The van der Waals surface area contributed by atoms with Crippen molar-refractivity contribution >= 4 is 17.5 Å². The number of pyridine rings is 1. The second kappa shape index (κ2) is 11.0. The average Bonchev–Trinajstić information content (AvgIpc) is 3.58. The molecule has 4 rings (SSSR count). The molecule has 37 heavy (non-hydrogen) atoms. The van der Waals surface area contributed by atoms with Gasteiger partial charge in [-0.15, -0.1) is 0 Å². The Morgan fingerprint density at radius 3 is 2.89 bits per heavy atom. The van der Waals surface area contributed by atoms with Gasteiger partial charge in [0.15, 0.2) is 0 Å². The minimum Gasteiger partial charge on any atom is -0.394 e. The number of nitriles is 1. The number of hydrogen-bond acceptors (Lipinski definition) is 6. The van der Waals surface area contributed by atoms with Gasteiger partial charge in [-0.1, -0.05) is 42.1 Å². The van der Waals surface area contributed by atoms with Crippen molar-refractivity contribution in [3.05, 3.63) is 99.1 Å². The van der Waals surface area contributed by atoms with Crippen molar-refractivity contribution in [1.82, 2.24) is 4.98 Å². The molecule has 2 heterocycles. The highest BCUT2D eigenvalue weighted by molar-refractivity contribution is 8.05. The molecule has 0 spiro atoms. The Bertz CT molecular complexity index is 1350. The summed E-state index contributed by atoms with van der Waals surface area (Å²) in [7, 11) is 0. The number of carbonyl (C=O) groups excluding carboxylic acids is 1. The van der Waals surface area contributed by atoms with Crippen molar-refractivity contribution in [1.29, 1.82) is 5.26 Å². The van der Waals surface area contributed by atoms with E-state index in [1.807, 2.05) is 25.1 Å². The molecule has 8 heteroatoms. The smallest absolute Gasteiger partial charge is 0.204 e. The second-order valence-electron chi connectivity index (χ2n) is 9.33. The molecule has 2 N–H and O–H groups in total. The summed E-state index contributed by atoms with van der Waals surface area (Å²) >= 11 is 1.44. The minimum atomic E-state index is -1.11. The van der Waals surface area contributed by atoms with Gasteiger partial charge in [0.05, 0.1) is 21.9 Å². The lowest BCUT2D eigenvalue weighted by molar-refractivity contribution is 0.104. The molecule has 0 bridgehead atoms. The maximum absolute atomic E-state index is 15.3. The number of aryl methyl sites for hydroxylation is 1. The number of aromatic nitrogens is 1. The van der Waals surface area contributed by atoms with Crippen molar-refractivity contribution in [2.45, 2.75) is 43.3 Å². The maximum atomic E-state index is 15.3. The maximum Gasteiger partial charge on any atom is 0.204 e. The van der Waals surface area contributed by atoms with Crippen LogP contribution in [0.5, 0.6) is 0 Å². The summed E-state index contributed by atoms with van der Waals surface area (Å²) in [6.07, 6.45) is 9.60. The first-order chi connectivity index (χ1) is 17.8. The van der Waals surface area contributed by atoms with Crippen molar-refractivity contribution < 1.29 is 18.3 Å². The standard InChI is InChI=1S/C29H29F2N3O2S/c1-3-36-18-29-14-25(29)28(17-30,11-5-8-26(33)37-29)22-13-20(9-10-23(22)31)6-4-7-24(35)27-19(2)12-21(15-32)16-34-27/h4,7-10,12-14,16H,3,5-6,11,17-18,33H2,1-2H3/b7-4+,26-8-/t28-,29+/m0/s1. The first-order valence-corrected chi connectivity index (χ1v) is 13.0. The molecule has 2 aromatic rings. The zero-order chi connectivity index (χ0) is 26.6. The van der Waals surface area contributed by atoms with Gasteiger partial charge in [0.1, 0.15) is 24.3 Å². The fourth-order valence-electron chi connectivity index (χ4n) is 4.91. The van der Waals surface area contributed by atoms with Crippen molar-refractivity contribution in [2.75, 3.05) is 19.9 Å². The lowest BCUT2D eigenvalue weighted by Crippen LogP contribution is -2.36. The van der Waals surface area contributed by atoms with Crippen LogP contribution >= 0.6 is 11.8 Å². The molecule has 192 valence electrons. The lowest BCUT2D eigenvalue weighted by atomic mass is 9.73. The Hall–Kier alpha value is -3.28. The third-order valence-corrected chi connectivity index (χ3v) is 8.06. The average molecular weight is 522 g/mol. The van der Waals surface area contributed by atoms with Gasteiger partial charge in [-0.3, -0.25) is 9.78 Å². The molecule has 2 aliphatic rings. The summed E-state index contributed by atoms with van der Waals surface area (Å²) in [6.45, 7) is 3.76. The summed E-state index contributed by atoms with van der Waals surface area (Å²) in [4.78, 5) is 16.7. The van der Waals surface area contributed by atoms with Gasteiger partial charge < -0.3 is 10.5 Å². The van der Waals surface area contributed by atoms with E-state index in [2.05, 4.69) is 4.98 Å². The first-order valence-electron chi connectivity index (χ1n) is 12.2. The van der Waals surface area contributed by atoms with Gasteiger partial charge in [-0.25, -0.2) is 8.78 Å². The van der Waals surface area contributed by atoms with Gasteiger partial charge in [-0.2, -0.15) is 5.26 Å². The van der Waals surface area contributed by atoms with E-state index in [1.54, 1.807) is 31.2 Å². The van der Waals surface area contributed by atoms with E-state index >= 15 is 4.39 Å². The lowest BCUT2D eigenvalue weighted by Gasteiger charge is -2.35. The monoisotopic (exact) mass is 521 g/mol. The van der Waals surface area contributed by atoms with Gasteiger partial charge in [0.25, 0.3) is 0 Å². The fourth-order valence-corrected chi connectivity index (χ4v) is 6.15. The van der Waals surface area contributed by atoms with Gasteiger partial charge in [-0.05, 0) is 68.0 Å². The predicted octanol–water partition coefficient (Wildman–Crippen LogP) is 5.63. The Labute approximate surface area is 220 Å². The van der Waals surface area contributed by atoms with Crippen LogP contribution in [0.15, 0.2) is 65.4 Å². The Kier molecular flexibility index (Phi) is 7.96. The summed E-state index contributed by atoms with van der Waals surface area (Å²) < 4.78 is 35.3. The predicted molar refractivity (Wildman–Crippen MR) is 141 cm³/mol. The number of nitrogens with zero attached hydrogens (tertiary/aromatic N) is 2. The largest absolute Gasteiger partial charge is 0.394 e. The number of thioether (sulfide) groups is 1. The quantitative estimate of drug-likeness (QED) is 0.261. The number of alkyl halides is 1. The third kappa shape index (κ3) is 5.39. The van der Waals surface area contributed by atoms with E-state index in [9.17, 15) is 9.18 Å². The Morgan fingerprint density at radius 2 is 2.19 bits per heavy atom. The molecule has 0 saturated carbocycles. The van der Waals surface area contributed by atoms with Gasteiger partial charge in [0, 0.05) is 23.8 Å². The molecule has 0 unspecified atom stereocenters. The number of fused-ring (bicyclic) bond motifs is 1. The highest BCUT2D eigenvalue weighted by Gasteiger charge is 2.57. The number of ketones is 1. The molecule has 5 nitrogen and oxygen atoms in total. The molecule has 1 aliphatic carbocycles. The van der Waals surface area contributed by atoms with Gasteiger partial charge >= 0.3 is 0 Å². The van der Waals surface area contributed by atoms with E-state index in [0.29, 0.717) is 54.2 Å². The second-order valence-corrected chi connectivity index (χ2v) is 10.7. The van der Waals surface area contributed by atoms with Gasteiger partial charge in [0.2, 0.25) is 5.78 Å². The zero-order valence-electron chi connectivity index (χ0n) is 20.9. The number of benzene rings is 1. The van der Waals surface area contributed by atoms with E-state index in [4.69, 9.17) is 15.7 Å². The first kappa shape index (κ1) is 26.8. The molecule has 1 aromatic heterocycles. The van der Waals surface area contributed by atoms with E-state index < -0.39 is 22.7 Å². The molecule has 1 aliphatic heterocycles. The van der Waals surface area contributed by atoms with Crippen molar-refractivity contribution in [3.8, 4) is 6.07 Å². The molecular weight excluding hydrogens is 492 g/mol. The number of carbonyl (C=O) groups is 1. The van der Waals surface area contributed by atoms with Crippen LogP contribution < -0.4 is 5.73 Å². The van der Waals surface area contributed by atoms with E-state index in [1.165, 1.54) is 30.1 Å². The normalized spacial score (nSPS) is 24.3. The number of nitrogens with two attached hydrogens (primary N) is 1. The van der Waals surface area contributed by atoms with Crippen molar-refractivity contribution in [3.63, 3.8) is 0 Å². The van der Waals surface area contributed by atoms with E-state index in [-0.39, 0.29) is 11.5 Å². The Balaban J connectivity index is 1.59. The molecule has 0 radical (unpaired) electrons. The van der Waals surface area contributed by atoms with Crippen molar-refractivity contribution in [2.24, 2.45) is 5.73 Å². The zero-order valence-corrected chi connectivity index (χ0v) is 21.7. The SMILES string of the molecule is CCOC[C@]12C=C1[C@@](CF)(c1cc(C/C=C/C(=O)c3ncc(C#N)cc3C)ccc1F)CC/C=C(/N)S2.